The third-order valence-electron chi connectivity index (χ3n) is 4.37. The summed E-state index contributed by atoms with van der Waals surface area (Å²) in [6.07, 6.45) is 6.88. The van der Waals surface area contributed by atoms with Crippen LogP contribution in [0.15, 0.2) is 12.4 Å². The van der Waals surface area contributed by atoms with Crippen LogP contribution in [-0.4, -0.2) is 53.6 Å². The molecule has 2 aliphatic rings. The van der Waals surface area contributed by atoms with E-state index in [2.05, 4.69) is 38.1 Å². The summed E-state index contributed by atoms with van der Waals surface area (Å²) >= 11 is 0. The first kappa shape index (κ1) is 13.6. The molecule has 110 valence electrons. The zero-order chi connectivity index (χ0) is 13.8. The van der Waals surface area contributed by atoms with E-state index in [4.69, 9.17) is 0 Å². The number of hydrogen-bond acceptors (Lipinski definition) is 5. The Morgan fingerprint density at radius 3 is 3.10 bits per heavy atom. The van der Waals surface area contributed by atoms with E-state index in [9.17, 15) is 0 Å². The molecule has 0 amide bonds. The molecule has 1 aromatic heterocycles. The third kappa shape index (κ3) is 3.03. The lowest BCUT2D eigenvalue weighted by Crippen LogP contribution is -2.55. The topological polar surface area (TPSA) is 44.3 Å². The van der Waals surface area contributed by atoms with E-state index in [0.29, 0.717) is 0 Å². The fourth-order valence-corrected chi connectivity index (χ4v) is 3.23. The summed E-state index contributed by atoms with van der Waals surface area (Å²) in [5.74, 6) is 2.02. The highest BCUT2D eigenvalue weighted by atomic mass is 15.3. The summed E-state index contributed by atoms with van der Waals surface area (Å²) in [5.41, 5.74) is 0. The average molecular weight is 275 g/mol. The predicted octanol–water partition coefficient (Wildman–Crippen LogP) is 1.97. The van der Waals surface area contributed by atoms with E-state index < -0.39 is 0 Å². The highest BCUT2D eigenvalue weighted by molar-refractivity contribution is 5.48. The molecular formula is C15H25N5. The van der Waals surface area contributed by atoms with Gasteiger partial charge in [0.05, 0.1) is 0 Å². The summed E-state index contributed by atoms with van der Waals surface area (Å²) in [4.78, 5) is 13.8. The zero-order valence-corrected chi connectivity index (χ0v) is 12.4. The number of anilines is 2. The molecule has 2 fully saturated rings. The van der Waals surface area contributed by atoms with Crippen molar-refractivity contribution in [1.82, 2.24) is 14.9 Å². The number of hydrogen-bond donors (Lipinski definition) is 1. The van der Waals surface area contributed by atoms with Crippen LogP contribution in [0.1, 0.15) is 32.6 Å². The van der Waals surface area contributed by atoms with Crippen LogP contribution in [0.5, 0.6) is 0 Å². The van der Waals surface area contributed by atoms with Gasteiger partial charge in [0.2, 0.25) is 0 Å². The van der Waals surface area contributed by atoms with Crippen molar-refractivity contribution in [1.29, 1.82) is 0 Å². The molecule has 0 spiro atoms. The van der Waals surface area contributed by atoms with E-state index in [1.54, 1.807) is 6.33 Å². The zero-order valence-electron chi connectivity index (χ0n) is 12.4. The lowest BCUT2D eigenvalue weighted by atomic mass is 9.99. The average Bonchev–Trinajstić information content (AvgIpc) is 2.53. The van der Waals surface area contributed by atoms with Gasteiger partial charge in [-0.1, -0.05) is 13.3 Å². The number of aromatic nitrogens is 2. The first-order valence-corrected chi connectivity index (χ1v) is 7.91. The van der Waals surface area contributed by atoms with Crippen LogP contribution in [0.25, 0.3) is 0 Å². The Hall–Kier alpha value is -1.36. The van der Waals surface area contributed by atoms with Crippen molar-refractivity contribution in [2.75, 3.05) is 42.9 Å². The first-order valence-electron chi connectivity index (χ1n) is 7.91. The second-order valence-corrected chi connectivity index (χ2v) is 5.82. The molecule has 1 unspecified atom stereocenters. The number of nitrogens with one attached hydrogen (secondary N) is 1. The van der Waals surface area contributed by atoms with Gasteiger partial charge in [0.1, 0.15) is 18.0 Å². The SMILES string of the molecule is CCCNc1cc(N2CCN3CCCCC3C2)ncn1. The maximum atomic E-state index is 4.47. The van der Waals surface area contributed by atoms with Crippen molar-refractivity contribution < 1.29 is 0 Å². The fraction of sp³-hybridized carbons (Fsp3) is 0.733. The Bertz CT molecular complexity index is 436. The molecule has 2 saturated heterocycles. The Morgan fingerprint density at radius 2 is 2.20 bits per heavy atom. The molecule has 0 aliphatic carbocycles. The molecule has 0 aromatic carbocycles. The standard InChI is InChI=1S/C15H25N5/c1-2-6-16-14-10-15(18-12-17-14)20-9-8-19-7-4-3-5-13(19)11-20/h10,12-13H,2-9,11H2,1H3,(H,16,17,18). The highest BCUT2D eigenvalue weighted by Crippen LogP contribution is 2.24. The maximum Gasteiger partial charge on any atom is 0.134 e. The van der Waals surface area contributed by atoms with E-state index in [-0.39, 0.29) is 0 Å². The van der Waals surface area contributed by atoms with E-state index in [1.807, 2.05) is 0 Å². The van der Waals surface area contributed by atoms with Crippen molar-refractivity contribution in [3.05, 3.63) is 12.4 Å². The smallest absolute Gasteiger partial charge is 0.134 e. The predicted molar refractivity (Wildman–Crippen MR) is 82.2 cm³/mol. The van der Waals surface area contributed by atoms with Crippen molar-refractivity contribution in [2.24, 2.45) is 0 Å². The van der Waals surface area contributed by atoms with Crippen molar-refractivity contribution in [3.63, 3.8) is 0 Å². The van der Waals surface area contributed by atoms with Crippen LogP contribution in [0.3, 0.4) is 0 Å². The fourth-order valence-electron chi connectivity index (χ4n) is 3.23. The molecule has 0 radical (unpaired) electrons. The highest BCUT2D eigenvalue weighted by Gasteiger charge is 2.29. The Balaban J connectivity index is 1.66. The largest absolute Gasteiger partial charge is 0.370 e. The van der Waals surface area contributed by atoms with E-state index in [1.165, 1.54) is 32.4 Å². The van der Waals surface area contributed by atoms with Gasteiger partial charge in [-0.25, -0.2) is 9.97 Å². The number of piperidine rings is 1. The summed E-state index contributed by atoms with van der Waals surface area (Å²) in [6.45, 7) is 7.78. The Labute approximate surface area is 121 Å². The normalized spacial score (nSPS) is 23.4. The quantitative estimate of drug-likeness (QED) is 0.910. The summed E-state index contributed by atoms with van der Waals surface area (Å²) in [6, 6.07) is 2.81. The van der Waals surface area contributed by atoms with Gasteiger partial charge in [-0.3, -0.25) is 4.90 Å². The van der Waals surface area contributed by atoms with Crippen LogP contribution in [0, 0.1) is 0 Å². The molecule has 5 nitrogen and oxygen atoms in total. The number of rotatable bonds is 4. The second-order valence-electron chi connectivity index (χ2n) is 5.82. The summed E-state index contributed by atoms with van der Waals surface area (Å²) < 4.78 is 0. The monoisotopic (exact) mass is 275 g/mol. The minimum Gasteiger partial charge on any atom is -0.370 e. The lowest BCUT2D eigenvalue weighted by molar-refractivity contribution is 0.133. The Kier molecular flexibility index (Phi) is 4.35. The van der Waals surface area contributed by atoms with E-state index >= 15 is 0 Å². The van der Waals surface area contributed by atoms with E-state index in [0.717, 1.165) is 43.7 Å². The van der Waals surface area contributed by atoms with Crippen molar-refractivity contribution in [3.8, 4) is 0 Å². The van der Waals surface area contributed by atoms with Crippen LogP contribution in [0.2, 0.25) is 0 Å². The molecule has 0 bridgehead atoms. The van der Waals surface area contributed by atoms with Gasteiger partial charge in [0.15, 0.2) is 0 Å². The molecule has 20 heavy (non-hydrogen) atoms. The molecule has 3 rings (SSSR count). The summed E-state index contributed by atoms with van der Waals surface area (Å²) in [5, 5.41) is 3.34. The van der Waals surface area contributed by atoms with Gasteiger partial charge in [-0.2, -0.15) is 0 Å². The summed E-state index contributed by atoms with van der Waals surface area (Å²) in [7, 11) is 0. The molecule has 1 atom stereocenters. The van der Waals surface area contributed by atoms with Crippen LogP contribution in [-0.2, 0) is 0 Å². The molecule has 5 heteroatoms. The molecular weight excluding hydrogens is 250 g/mol. The van der Waals surface area contributed by atoms with Crippen LogP contribution >= 0.6 is 0 Å². The maximum absolute atomic E-state index is 4.47. The van der Waals surface area contributed by atoms with Gasteiger partial charge >= 0.3 is 0 Å². The van der Waals surface area contributed by atoms with Crippen molar-refractivity contribution in [2.45, 2.75) is 38.6 Å². The number of nitrogens with zero attached hydrogens (tertiary/aromatic N) is 4. The van der Waals surface area contributed by atoms with Gasteiger partial charge in [-0.05, 0) is 25.8 Å². The number of piperazine rings is 1. The molecule has 3 heterocycles. The minimum atomic E-state index is 0.722. The van der Waals surface area contributed by atoms with Crippen molar-refractivity contribution >= 4 is 11.6 Å². The minimum absolute atomic E-state index is 0.722. The molecule has 1 N–H and O–H groups in total. The Morgan fingerprint density at radius 1 is 1.25 bits per heavy atom. The van der Waals surface area contributed by atoms with Gasteiger partial charge in [-0.15, -0.1) is 0 Å². The molecule has 2 aliphatic heterocycles. The van der Waals surface area contributed by atoms with Gasteiger partial charge in [0.25, 0.3) is 0 Å². The third-order valence-corrected chi connectivity index (χ3v) is 4.37. The van der Waals surface area contributed by atoms with Gasteiger partial charge < -0.3 is 10.2 Å². The molecule has 0 saturated carbocycles. The van der Waals surface area contributed by atoms with Gasteiger partial charge in [0, 0.05) is 38.3 Å². The van der Waals surface area contributed by atoms with Crippen LogP contribution < -0.4 is 10.2 Å². The van der Waals surface area contributed by atoms with Crippen LogP contribution in [0.4, 0.5) is 11.6 Å². The molecule has 1 aromatic rings. The first-order chi connectivity index (χ1) is 9.86. The number of fused-ring (bicyclic) bond motifs is 1. The lowest BCUT2D eigenvalue weighted by Gasteiger charge is -2.44. The second kappa shape index (κ2) is 6.39.